The van der Waals surface area contributed by atoms with Gasteiger partial charge in [-0.25, -0.2) is 4.39 Å². The van der Waals surface area contributed by atoms with Crippen molar-refractivity contribution in [1.82, 2.24) is 9.80 Å². The van der Waals surface area contributed by atoms with Crippen LogP contribution >= 0.6 is 0 Å². The maximum atomic E-state index is 13.1. The Labute approximate surface area is 142 Å². The number of carbonyl (C=O) groups is 2. The number of hydrogen-bond donors (Lipinski definition) is 0. The molecule has 1 saturated heterocycles. The lowest BCUT2D eigenvalue weighted by Gasteiger charge is -2.39. The molecule has 1 aliphatic heterocycles. The molecule has 0 bridgehead atoms. The molecule has 2 fully saturated rings. The first-order valence-electron chi connectivity index (χ1n) is 8.59. The second kappa shape index (κ2) is 5.87. The van der Waals surface area contributed by atoms with E-state index in [1.165, 1.54) is 12.1 Å². The van der Waals surface area contributed by atoms with Crippen molar-refractivity contribution in [1.29, 1.82) is 0 Å². The molecule has 24 heavy (non-hydrogen) atoms. The summed E-state index contributed by atoms with van der Waals surface area (Å²) in [5, 5.41) is 0. The fraction of sp³-hybridized carbons (Fsp3) is 0.579. The standard InChI is InChI=1S/C19H25FN2O2/c1-18(2,3)16(23)21-10-12-22(13-11-21)17(24)19(8-9-19)14-4-6-15(20)7-5-14/h4-7H,8-13H2,1-3H3. The largest absolute Gasteiger partial charge is 0.339 e. The van der Waals surface area contributed by atoms with Crippen LogP contribution in [0.25, 0.3) is 0 Å². The Bertz CT molecular complexity index is 636. The topological polar surface area (TPSA) is 40.6 Å². The molecule has 1 saturated carbocycles. The van der Waals surface area contributed by atoms with Crippen molar-refractivity contribution >= 4 is 11.8 Å². The summed E-state index contributed by atoms with van der Waals surface area (Å²) in [7, 11) is 0. The molecule has 0 radical (unpaired) electrons. The van der Waals surface area contributed by atoms with Gasteiger partial charge in [0.25, 0.3) is 0 Å². The highest BCUT2D eigenvalue weighted by atomic mass is 19.1. The summed E-state index contributed by atoms with van der Waals surface area (Å²) in [5.74, 6) is -0.0254. The van der Waals surface area contributed by atoms with Crippen LogP contribution in [-0.2, 0) is 15.0 Å². The quantitative estimate of drug-likeness (QED) is 0.835. The van der Waals surface area contributed by atoms with E-state index in [2.05, 4.69) is 0 Å². The maximum Gasteiger partial charge on any atom is 0.233 e. The first kappa shape index (κ1) is 16.9. The Balaban J connectivity index is 1.65. The highest BCUT2D eigenvalue weighted by Gasteiger charge is 2.53. The molecule has 0 unspecified atom stereocenters. The SMILES string of the molecule is CC(C)(C)C(=O)N1CCN(C(=O)C2(c3ccc(F)cc3)CC2)CC1. The normalized spacial score (nSPS) is 20.0. The Morgan fingerprint density at radius 2 is 1.46 bits per heavy atom. The Morgan fingerprint density at radius 3 is 1.92 bits per heavy atom. The van der Waals surface area contributed by atoms with Crippen LogP contribution in [0.4, 0.5) is 4.39 Å². The van der Waals surface area contributed by atoms with Gasteiger partial charge in [0.05, 0.1) is 5.41 Å². The zero-order valence-electron chi connectivity index (χ0n) is 14.6. The lowest BCUT2D eigenvalue weighted by atomic mass is 9.93. The molecule has 2 aliphatic rings. The molecule has 5 heteroatoms. The second-order valence-corrected chi connectivity index (χ2v) is 7.92. The van der Waals surface area contributed by atoms with E-state index in [9.17, 15) is 14.0 Å². The molecule has 2 amide bonds. The van der Waals surface area contributed by atoms with Crippen LogP contribution in [0.2, 0.25) is 0 Å². The average Bonchev–Trinajstić information content (AvgIpc) is 3.35. The van der Waals surface area contributed by atoms with E-state index in [-0.39, 0.29) is 17.6 Å². The molecule has 1 heterocycles. The Hall–Kier alpha value is -1.91. The molecular weight excluding hydrogens is 307 g/mol. The Kier molecular flexibility index (Phi) is 4.14. The summed E-state index contributed by atoms with van der Waals surface area (Å²) >= 11 is 0. The van der Waals surface area contributed by atoms with Gasteiger partial charge < -0.3 is 9.80 Å². The third-order valence-electron chi connectivity index (χ3n) is 5.05. The van der Waals surface area contributed by atoms with Crippen LogP contribution in [-0.4, -0.2) is 47.8 Å². The average molecular weight is 332 g/mol. The molecule has 0 aromatic heterocycles. The maximum absolute atomic E-state index is 13.1. The van der Waals surface area contributed by atoms with E-state index in [1.807, 2.05) is 30.6 Å². The minimum Gasteiger partial charge on any atom is -0.339 e. The van der Waals surface area contributed by atoms with Crippen molar-refractivity contribution in [2.24, 2.45) is 5.41 Å². The number of halogens is 1. The first-order valence-corrected chi connectivity index (χ1v) is 8.59. The molecule has 130 valence electrons. The molecule has 1 aromatic rings. The minimum atomic E-state index is -0.468. The number of benzene rings is 1. The zero-order valence-corrected chi connectivity index (χ0v) is 14.6. The fourth-order valence-corrected chi connectivity index (χ4v) is 3.41. The fourth-order valence-electron chi connectivity index (χ4n) is 3.41. The molecular formula is C19H25FN2O2. The summed E-state index contributed by atoms with van der Waals surface area (Å²) in [6.45, 7) is 8.07. The molecule has 3 rings (SSSR count). The van der Waals surface area contributed by atoms with Gasteiger partial charge in [0.2, 0.25) is 11.8 Å². The molecule has 0 spiro atoms. The smallest absolute Gasteiger partial charge is 0.233 e. The predicted molar refractivity (Wildman–Crippen MR) is 89.9 cm³/mol. The first-order chi connectivity index (χ1) is 11.2. The van der Waals surface area contributed by atoms with E-state index in [0.717, 1.165) is 18.4 Å². The van der Waals surface area contributed by atoms with Crippen molar-refractivity contribution in [2.75, 3.05) is 26.2 Å². The second-order valence-electron chi connectivity index (χ2n) is 7.92. The number of hydrogen-bond acceptors (Lipinski definition) is 2. The van der Waals surface area contributed by atoms with Crippen molar-refractivity contribution < 1.29 is 14.0 Å². The van der Waals surface area contributed by atoms with Gasteiger partial charge in [-0.15, -0.1) is 0 Å². The summed E-state index contributed by atoms with van der Waals surface area (Å²) in [6, 6.07) is 6.28. The van der Waals surface area contributed by atoms with E-state index in [0.29, 0.717) is 26.2 Å². The van der Waals surface area contributed by atoms with Crippen molar-refractivity contribution in [2.45, 2.75) is 39.0 Å². The van der Waals surface area contributed by atoms with Crippen molar-refractivity contribution in [3.8, 4) is 0 Å². The monoisotopic (exact) mass is 332 g/mol. The predicted octanol–water partition coefficient (Wildman–Crippen LogP) is 2.57. The summed E-state index contributed by atoms with van der Waals surface area (Å²) in [6.07, 6.45) is 1.64. The van der Waals surface area contributed by atoms with Crippen LogP contribution in [0.5, 0.6) is 0 Å². The third-order valence-corrected chi connectivity index (χ3v) is 5.05. The van der Waals surface area contributed by atoms with Gasteiger partial charge in [-0.1, -0.05) is 32.9 Å². The van der Waals surface area contributed by atoms with Gasteiger partial charge in [0.15, 0.2) is 0 Å². The summed E-state index contributed by atoms with van der Waals surface area (Å²) < 4.78 is 13.1. The van der Waals surface area contributed by atoms with Crippen LogP contribution in [0, 0.1) is 11.2 Å². The Morgan fingerprint density at radius 1 is 0.958 bits per heavy atom. The summed E-state index contributed by atoms with van der Waals surface area (Å²) in [5.41, 5.74) is 0.0455. The third kappa shape index (κ3) is 3.04. The van der Waals surface area contributed by atoms with Gasteiger partial charge in [0, 0.05) is 31.6 Å². The lowest BCUT2D eigenvalue weighted by Crippen LogP contribution is -2.54. The van der Waals surface area contributed by atoms with Gasteiger partial charge >= 0.3 is 0 Å². The van der Waals surface area contributed by atoms with E-state index >= 15 is 0 Å². The van der Waals surface area contributed by atoms with Gasteiger partial charge in [0.1, 0.15) is 5.82 Å². The van der Waals surface area contributed by atoms with E-state index in [1.54, 1.807) is 12.1 Å². The lowest BCUT2D eigenvalue weighted by molar-refractivity contribution is -0.145. The van der Waals surface area contributed by atoms with Gasteiger partial charge in [-0.3, -0.25) is 9.59 Å². The molecule has 1 aliphatic carbocycles. The number of rotatable bonds is 2. The highest BCUT2D eigenvalue weighted by molar-refractivity contribution is 5.91. The minimum absolute atomic E-state index is 0.122. The molecule has 0 N–H and O–H groups in total. The van der Waals surface area contributed by atoms with Crippen LogP contribution in [0.1, 0.15) is 39.2 Å². The van der Waals surface area contributed by atoms with Gasteiger partial charge in [-0.05, 0) is 30.5 Å². The number of amides is 2. The van der Waals surface area contributed by atoms with E-state index in [4.69, 9.17) is 0 Å². The zero-order chi connectivity index (χ0) is 17.5. The van der Waals surface area contributed by atoms with E-state index < -0.39 is 10.8 Å². The van der Waals surface area contributed by atoms with Crippen LogP contribution in [0.3, 0.4) is 0 Å². The molecule has 0 atom stereocenters. The van der Waals surface area contributed by atoms with Crippen molar-refractivity contribution in [3.05, 3.63) is 35.6 Å². The summed E-state index contributed by atoms with van der Waals surface area (Å²) in [4.78, 5) is 29.0. The van der Waals surface area contributed by atoms with Crippen LogP contribution in [0.15, 0.2) is 24.3 Å². The van der Waals surface area contributed by atoms with Gasteiger partial charge in [-0.2, -0.15) is 0 Å². The highest BCUT2D eigenvalue weighted by Crippen LogP contribution is 2.49. The molecule has 4 nitrogen and oxygen atoms in total. The van der Waals surface area contributed by atoms with Crippen LogP contribution < -0.4 is 0 Å². The number of nitrogens with zero attached hydrogens (tertiary/aromatic N) is 2. The number of carbonyl (C=O) groups excluding carboxylic acids is 2. The number of piperazine rings is 1. The van der Waals surface area contributed by atoms with Crippen molar-refractivity contribution in [3.63, 3.8) is 0 Å². The molecule has 1 aromatic carbocycles.